The zero-order chi connectivity index (χ0) is 9.80. The molecule has 1 heterocycles. The van der Waals surface area contributed by atoms with Gasteiger partial charge in [0.05, 0.1) is 25.1 Å². The number of benzene rings is 1. The Morgan fingerprint density at radius 1 is 1.36 bits per heavy atom. The molecule has 1 aromatic rings. The molecule has 14 heavy (non-hydrogen) atoms. The SMILES string of the molecule is NOCc1ccc(SC2COC2)cc1. The predicted molar refractivity (Wildman–Crippen MR) is 55.9 cm³/mol. The number of nitrogens with two attached hydrogens (primary N) is 1. The van der Waals surface area contributed by atoms with Crippen molar-refractivity contribution in [2.75, 3.05) is 13.2 Å². The van der Waals surface area contributed by atoms with Crippen molar-refractivity contribution in [1.29, 1.82) is 0 Å². The van der Waals surface area contributed by atoms with Crippen LogP contribution in [0.1, 0.15) is 5.56 Å². The molecule has 1 fully saturated rings. The summed E-state index contributed by atoms with van der Waals surface area (Å²) in [5.74, 6) is 4.99. The standard InChI is InChI=1S/C10H13NO2S/c11-13-5-8-1-3-9(4-2-8)14-10-6-12-7-10/h1-4,10H,5-7,11H2. The van der Waals surface area contributed by atoms with E-state index in [-0.39, 0.29) is 0 Å². The Morgan fingerprint density at radius 2 is 2.07 bits per heavy atom. The average molecular weight is 211 g/mol. The lowest BCUT2D eigenvalue weighted by molar-refractivity contribution is 0.0455. The minimum absolute atomic E-state index is 0.470. The van der Waals surface area contributed by atoms with Gasteiger partial charge in [-0.1, -0.05) is 12.1 Å². The van der Waals surface area contributed by atoms with Crippen molar-refractivity contribution < 1.29 is 9.57 Å². The fourth-order valence-corrected chi connectivity index (χ4v) is 2.24. The lowest BCUT2D eigenvalue weighted by atomic mass is 10.2. The summed E-state index contributed by atoms with van der Waals surface area (Å²) in [5.41, 5.74) is 1.10. The number of ether oxygens (including phenoxy) is 1. The third-order valence-electron chi connectivity index (χ3n) is 2.08. The Balaban J connectivity index is 1.91. The lowest BCUT2D eigenvalue weighted by Gasteiger charge is -2.25. The molecule has 1 aliphatic rings. The molecule has 0 radical (unpaired) electrons. The first kappa shape index (κ1) is 9.98. The Hall–Kier alpha value is -0.550. The fourth-order valence-electron chi connectivity index (χ4n) is 1.24. The minimum Gasteiger partial charge on any atom is -0.379 e. The number of rotatable bonds is 4. The summed E-state index contributed by atoms with van der Waals surface area (Å²) in [5, 5.41) is 0.631. The van der Waals surface area contributed by atoms with Gasteiger partial charge in [0.2, 0.25) is 0 Å². The molecule has 0 aromatic heterocycles. The van der Waals surface area contributed by atoms with Gasteiger partial charge in [-0.25, -0.2) is 5.90 Å². The maximum absolute atomic E-state index is 5.11. The summed E-state index contributed by atoms with van der Waals surface area (Å²) < 4.78 is 5.11. The van der Waals surface area contributed by atoms with Crippen molar-refractivity contribution >= 4 is 11.8 Å². The molecule has 1 aliphatic heterocycles. The molecule has 0 unspecified atom stereocenters. The summed E-state index contributed by atoms with van der Waals surface area (Å²) in [6.45, 7) is 2.22. The molecule has 0 spiro atoms. The van der Waals surface area contributed by atoms with Crippen molar-refractivity contribution in [3.05, 3.63) is 29.8 Å². The molecule has 1 saturated heterocycles. The molecule has 3 nitrogen and oxygen atoms in total. The van der Waals surface area contributed by atoms with Crippen molar-refractivity contribution in [3.63, 3.8) is 0 Å². The summed E-state index contributed by atoms with van der Waals surface area (Å²) in [4.78, 5) is 5.83. The van der Waals surface area contributed by atoms with Crippen LogP contribution in [-0.4, -0.2) is 18.5 Å². The highest BCUT2D eigenvalue weighted by molar-refractivity contribution is 8.00. The van der Waals surface area contributed by atoms with Crippen LogP contribution in [-0.2, 0) is 16.2 Å². The van der Waals surface area contributed by atoms with Gasteiger partial charge >= 0.3 is 0 Å². The highest BCUT2D eigenvalue weighted by atomic mass is 32.2. The summed E-state index contributed by atoms with van der Waals surface area (Å²) in [6, 6.07) is 8.26. The number of hydrogen-bond donors (Lipinski definition) is 1. The Morgan fingerprint density at radius 3 is 2.57 bits per heavy atom. The van der Waals surface area contributed by atoms with E-state index in [1.807, 2.05) is 23.9 Å². The van der Waals surface area contributed by atoms with Gasteiger partial charge in [-0.2, -0.15) is 0 Å². The van der Waals surface area contributed by atoms with E-state index in [9.17, 15) is 0 Å². The molecule has 0 bridgehead atoms. The van der Waals surface area contributed by atoms with Crippen LogP contribution < -0.4 is 5.90 Å². The van der Waals surface area contributed by atoms with Crippen LogP contribution in [0, 0.1) is 0 Å². The van der Waals surface area contributed by atoms with Crippen LogP contribution in [0.3, 0.4) is 0 Å². The van der Waals surface area contributed by atoms with Crippen LogP contribution in [0.15, 0.2) is 29.2 Å². The Bertz CT molecular complexity index is 285. The molecule has 0 aliphatic carbocycles. The molecule has 0 atom stereocenters. The van der Waals surface area contributed by atoms with Gasteiger partial charge in [-0.3, -0.25) is 4.84 Å². The normalized spacial score (nSPS) is 16.6. The first-order chi connectivity index (χ1) is 6.88. The zero-order valence-electron chi connectivity index (χ0n) is 7.81. The third kappa shape index (κ3) is 2.48. The predicted octanol–water partition coefficient (Wildman–Crippen LogP) is 1.57. The highest BCUT2D eigenvalue weighted by Crippen LogP contribution is 2.27. The maximum Gasteiger partial charge on any atom is 0.0930 e. The summed E-state index contributed by atoms with van der Waals surface area (Å²) in [7, 11) is 0. The topological polar surface area (TPSA) is 44.5 Å². The van der Waals surface area contributed by atoms with E-state index in [1.54, 1.807) is 0 Å². The molecule has 1 aromatic carbocycles. The second kappa shape index (κ2) is 4.79. The zero-order valence-corrected chi connectivity index (χ0v) is 8.63. The van der Waals surface area contributed by atoms with Crippen molar-refractivity contribution in [2.45, 2.75) is 16.8 Å². The van der Waals surface area contributed by atoms with E-state index >= 15 is 0 Å². The fraction of sp³-hybridized carbons (Fsp3) is 0.400. The van der Waals surface area contributed by atoms with Crippen LogP contribution in [0.5, 0.6) is 0 Å². The van der Waals surface area contributed by atoms with Crippen LogP contribution >= 0.6 is 11.8 Å². The Labute approximate surface area is 87.5 Å². The van der Waals surface area contributed by atoms with Crippen molar-refractivity contribution in [3.8, 4) is 0 Å². The molecule has 4 heteroatoms. The van der Waals surface area contributed by atoms with Gasteiger partial charge in [0.15, 0.2) is 0 Å². The minimum atomic E-state index is 0.470. The van der Waals surface area contributed by atoms with Gasteiger partial charge < -0.3 is 4.74 Å². The average Bonchev–Trinajstić information content (AvgIpc) is 2.14. The number of hydrogen-bond acceptors (Lipinski definition) is 4. The maximum atomic E-state index is 5.11. The summed E-state index contributed by atoms with van der Waals surface area (Å²) >= 11 is 1.86. The van der Waals surface area contributed by atoms with Gasteiger partial charge in [-0.05, 0) is 17.7 Å². The van der Waals surface area contributed by atoms with E-state index < -0.39 is 0 Å². The van der Waals surface area contributed by atoms with E-state index in [1.165, 1.54) is 4.90 Å². The van der Waals surface area contributed by atoms with Gasteiger partial charge in [0.25, 0.3) is 0 Å². The highest BCUT2D eigenvalue weighted by Gasteiger charge is 2.19. The van der Waals surface area contributed by atoms with E-state index in [2.05, 4.69) is 17.0 Å². The number of thioether (sulfide) groups is 1. The quantitative estimate of drug-likeness (QED) is 0.768. The van der Waals surface area contributed by atoms with Crippen LogP contribution in [0.4, 0.5) is 0 Å². The van der Waals surface area contributed by atoms with E-state index in [0.29, 0.717) is 11.9 Å². The smallest absolute Gasteiger partial charge is 0.0930 e. The molecule has 0 amide bonds. The monoisotopic (exact) mass is 211 g/mol. The lowest BCUT2D eigenvalue weighted by Crippen LogP contribution is -2.29. The second-order valence-electron chi connectivity index (χ2n) is 3.23. The van der Waals surface area contributed by atoms with E-state index in [0.717, 1.165) is 18.8 Å². The molecule has 2 N–H and O–H groups in total. The summed E-state index contributed by atoms with van der Waals surface area (Å²) in [6.07, 6.45) is 0. The van der Waals surface area contributed by atoms with E-state index in [4.69, 9.17) is 10.6 Å². The van der Waals surface area contributed by atoms with Crippen LogP contribution in [0.25, 0.3) is 0 Å². The van der Waals surface area contributed by atoms with Gasteiger partial charge in [0.1, 0.15) is 0 Å². The molecule has 2 rings (SSSR count). The third-order valence-corrected chi connectivity index (χ3v) is 3.23. The molecule has 76 valence electrons. The largest absolute Gasteiger partial charge is 0.379 e. The van der Waals surface area contributed by atoms with Crippen molar-refractivity contribution in [1.82, 2.24) is 0 Å². The molecule has 0 saturated carbocycles. The molecular formula is C10H13NO2S. The Kier molecular flexibility index (Phi) is 3.42. The first-order valence-electron chi connectivity index (χ1n) is 4.53. The van der Waals surface area contributed by atoms with Crippen molar-refractivity contribution in [2.24, 2.45) is 5.90 Å². The first-order valence-corrected chi connectivity index (χ1v) is 5.41. The van der Waals surface area contributed by atoms with Crippen LogP contribution in [0.2, 0.25) is 0 Å². The molecular weight excluding hydrogens is 198 g/mol. The second-order valence-corrected chi connectivity index (χ2v) is 4.61. The van der Waals surface area contributed by atoms with Gasteiger partial charge in [0, 0.05) is 4.90 Å². The van der Waals surface area contributed by atoms with Gasteiger partial charge in [-0.15, -0.1) is 11.8 Å².